The van der Waals surface area contributed by atoms with Gasteiger partial charge in [0.2, 0.25) is 0 Å². The molecule has 0 aromatic carbocycles. The van der Waals surface area contributed by atoms with Crippen molar-refractivity contribution in [2.24, 2.45) is 0 Å². The molecule has 2 saturated heterocycles. The summed E-state index contributed by atoms with van der Waals surface area (Å²) in [6, 6.07) is 0. The first-order valence-electron chi connectivity index (χ1n) is 6.90. The lowest BCUT2D eigenvalue weighted by Crippen LogP contribution is -2.22. The fourth-order valence-corrected chi connectivity index (χ4v) is 2.56. The first kappa shape index (κ1) is 14.0. The van der Waals surface area contributed by atoms with Crippen LogP contribution in [-0.4, -0.2) is 34.1 Å². The van der Waals surface area contributed by atoms with Crippen LogP contribution in [0.25, 0.3) is 0 Å². The molecule has 0 aromatic rings. The monoisotopic (exact) mass is 254 g/mol. The van der Waals surface area contributed by atoms with Crippen LogP contribution in [0.15, 0.2) is 12.7 Å². The van der Waals surface area contributed by atoms with Crippen molar-refractivity contribution in [2.75, 3.05) is 0 Å². The predicted octanol–water partition coefficient (Wildman–Crippen LogP) is 2.82. The number of hydrogen-bond donors (Lipinski definition) is 1. The van der Waals surface area contributed by atoms with Crippen molar-refractivity contribution in [1.29, 1.82) is 0 Å². The van der Waals surface area contributed by atoms with Crippen molar-refractivity contribution in [1.82, 2.24) is 0 Å². The van der Waals surface area contributed by atoms with Gasteiger partial charge in [0, 0.05) is 0 Å². The minimum absolute atomic E-state index is 0.000714. The highest BCUT2D eigenvalue weighted by Gasteiger charge is 2.54. The Bertz CT molecular complexity index is 335. The molecule has 0 saturated carbocycles. The Morgan fingerprint density at radius 3 is 2.33 bits per heavy atom. The molecular formula is C15H26O3. The van der Waals surface area contributed by atoms with Crippen LogP contribution in [0.4, 0.5) is 0 Å². The van der Waals surface area contributed by atoms with E-state index in [0.29, 0.717) is 12.5 Å². The average molecular weight is 254 g/mol. The Morgan fingerprint density at radius 2 is 1.83 bits per heavy atom. The molecule has 0 aliphatic carbocycles. The maximum Gasteiger partial charge on any atom is 0.0921 e. The molecule has 0 spiro atoms. The minimum atomic E-state index is -0.769. The number of rotatable bonds is 7. The van der Waals surface area contributed by atoms with Crippen LogP contribution in [0.1, 0.15) is 53.4 Å². The zero-order chi connectivity index (χ0) is 13.6. The first-order valence-corrected chi connectivity index (χ1v) is 6.90. The molecule has 2 aliphatic rings. The van der Waals surface area contributed by atoms with Gasteiger partial charge in [0.15, 0.2) is 0 Å². The SMILES string of the molecule is C=C[C@@](C)(O)CC[C@H]1O[C@]1(C)CC[C@H]1OC1(C)C. The second kappa shape index (κ2) is 4.32. The van der Waals surface area contributed by atoms with Gasteiger partial charge in [-0.15, -0.1) is 6.58 Å². The van der Waals surface area contributed by atoms with Gasteiger partial charge in [0.1, 0.15) is 0 Å². The quantitative estimate of drug-likeness (QED) is 0.561. The molecule has 2 heterocycles. The summed E-state index contributed by atoms with van der Waals surface area (Å²) in [6.45, 7) is 11.9. The first-order chi connectivity index (χ1) is 8.19. The van der Waals surface area contributed by atoms with E-state index in [4.69, 9.17) is 9.47 Å². The molecule has 0 radical (unpaired) electrons. The largest absolute Gasteiger partial charge is 0.386 e. The topological polar surface area (TPSA) is 45.3 Å². The number of aliphatic hydroxyl groups is 1. The normalized spacial score (nSPS) is 40.1. The molecule has 0 aromatic heterocycles. The molecule has 2 fully saturated rings. The fourth-order valence-electron chi connectivity index (χ4n) is 2.56. The Hall–Kier alpha value is -0.380. The van der Waals surface area contributed by atoms with Crippen molar-refractivity contribution in [2.45, 2.75) is 82.4 Å². The van der Waals surface area contributed by atoms with E-state index in [-0.39, 0.29) is 17.3 Å². The van der Waals surface area contributed by atoms with Crippen LogP contribution >= 0.6 is 0 Å². The van der Waals surface area contributed by atoms with E-state index in [1.807, 2.05) is 0 Å². The maximum absolute atomic E-state index is 9.87. The molecule has 1 N–H and O–H groups in total. The highest BCUT2D eigenvalue weighted by atomic mass is 16.6. The summed E-state index contributed by atoms with van der Waals surface area (Å²) in [7, 11) is 0. The second-order valence-corrected chi connectivity index (χ2v) is 6.77. The van der Waals surface area contributed by atoms with Gasteiger partial charge in [-0.05, 0) is 53.4 Å². The lowest BCUT2D eigenvalue weighted by atomic mass is 9.92. The van der Waals surface area contributed by atoms with Crippen molar-refractivity contribution >= 4 is 0 Å². The van der Waals surface area contributed by atoms with Gasteiger partial charge in [0.05, 0.1) is 29.0 Å². The lowest BCUT2D eigenvalue weighted by Gasteiger charge is -2.17. The highest BCUT2D eigenvalue weighted by molar-refractivity contribution is 5.04. The number of ether oxygens (including phenoxy) is 2. The summed E-state index contributed by atoms with van der Waals surface area (Å²) in [4.78, 5) is 0. The van der Waals surface area contributed by atoms with Gasteiger partial charge in [-0.25, -0.2) is 0 Å². The molecule has 2 aliphatic heterocycles. The summed E-state index contributed by atoms with van der Waals surface area (Å²) in [5, 5.41) is 9.87. The van der Waals surface area contributed by atoms with E-state index in [1.54, 1.807) is 13.0 Å². The molecule has 18 heavy (non-hydrogen) atoms. The van der Waals surface area contributed by atoms with Gasteiger partial charge in [0.25, 0.3) is 0 Å². The molecule has 3 heteroatoms. The van der Waals surface area contributed by atoms with Crippen LogP contribution in [-0.2, 0) is 9.47 Å². The van der Waals surface area contributed by atoms with Gasteiger partial charge < -0.3 is 14.6 Å². The molecule has 4 atom stereocenters. The van der Waals surface area contributed by atoms with Gasteiger partial charge in [-0.2, -0.15) is 0 Å². The van der Waals surface area contributed by atoms with Crippen molar-refractivity contribution < 1.29 is 14.6 Å². The van der Waals surface area contributed by atoms with Crippen LogP contribution in [0.5, 0.6) is 0 Å². The fraction of sp³-hybridized carbons (Fsp3) is 0.867. The Morgan fingerprint density at radius 1 is 1.22 bits per heavy atom. The van der Waals surface area contributed by atoms with Crippen LogP contribution in [0.3, 0.4) is 0 Å². The summed E-state index contributed by atoms with van der Waals surface area (Å²) < 4.78 is 11.4. The van der Waals surface area contributed by atoms with Gasteiger partial charge >= 0.3 is 0 Å². The molecule has 104 valence electrons. The smallest absolute Gasteiger partial charge is 0.0921 e. The molecular weight excluding hydrogens is 228 g/mol. The van der Waals surface area contributed by atoms with Crippen molar-refractivity contribution in [3.05, 3.63) is 12.7 Å². The average Bonchev–Trinajstić information content (AvgIpc) is 3.11. The second-order valence-electron chi connectivity index (χ2n) is 6.77. The summed E-state index contributed by atoms with van der Waals surface area (Å²) in [5.74, 6) is 0. The molecule has 0 amide bonds. The van der Waals surface area contributed by atoms with Crippen molar-refractivity contribution in [3.63, 3.8) is 0 Å². The van der Waals surface area contributed by atoms with E-state index in [1.165, 1.54) is 0 Å². The van der Waals surface area contributed by atoms with Crippen LogP contribution < -0.4 is 0 Å². The standard InChI is InChI=1S/C15H26O3/c1-6-14(4,16)9-7-12-15(5,18-12)10-8-11-13(2,3)17-11/h6,11-12,16H,1,7-10H2,2-5H3/t11-,12-,14-,15-/m1/s1. The molecule has 0 bridgehead atoms. The third-order valence-corrected chi connectivity index (χ3v) is 4.45. The Kier molecular flexibility index (Phi) is 3.37. The Labute approximate surface area is 110 Å². The van der Waals surface area contributed by atoms with Crippen LogP contribution in [0, 0.1) is 0 Å². The van der Waals surface area contributed by atoms with E-state index in [9.17, 15) is 5.11 Å². The summed E-state index contributed by atoms with van der Waals surface area (Å²) in [5.41, 5.74) is -0.693. The molecule has 2 rings (SSSR count). The number of epoxide rings is 2. The maximum atomic E-state index is 9.87. The zero-order valence-electron chi connectivity index (χ0n) is 12.0. The van der Waals surface area contributed by atoms with Gasteiger partial charge in [-0.1, -0.05) is 6.08 Å². The van der Waals surface area contributed by atoms with Crippen LogP contribution in [0.2, 0.25) is 0 Å². The third kappa shape index (κ3) is 3.14. The summed E-state index contributed by atoms with van der Waals surface area (Å²) in [6.07, 6.45) is 6.00. The molecule has 0 unspecified atom stereocenters. The van der Waals surface area contributed by atoms with Crippen molar-refractivity contribution in [3.8, 4) is 0 Å². The predicted molar refractivity (Wildman–Crippen MR) is 71.5 cm³/mol. The highest BCUT2D eigenvalue weighted by Crippen LogP contribution is 2.47. The minimum Gasteiger partial charge on any atom is -0.386 e. The molecule has 3 nitrogen and oxygen atoms in total. The summed E-state index contributed by atoms with van der Waals surface area (Å²) >= 11 is 0. The Balaban J connectivity index is 1.67. The van der Waals surface area contributed by atoms with E-state index < -0.39 is 5.60 Å². The zero-order valence-corrected chi connectivity index (χ0v) is 12.0. The third-order valence-electron chi connectivity index (χ3n) is 4.45. The van der Waals surface area contributed by atoms with E-state index >= 15 is 0 Å². The van der Waals surface area contributed by atoms with Gasteiger partial charge in [-0.3, -0.25) is 0 Å². The van der Waals surface area contributed by atoms with E-state index in [0.717, 1.165) is 19.3 Å². The number of hydrogen-bond acceptors (Lipinski definition) is 3. The van der Waals surface area contributed by atoms with E-state index in [2.05, 4.69) is 27.4 Å². The lowest BCUT2D eigenvalue weighted by molar-refractivity contribution is 0.0967.